The Balaban J connectivity index is 3.24. The fourth-order valence-electron chi connectivity index (χ4n) is 0.312. The molecule has 0 spiro atoms. The van der Waals surface area contributed by atoms with Crippen molar-refractivity contribution in [3.63, 3.8) is 0 Å². The molecule has 0 unspecified atom stereocenters. The topological polar surface area (TPSA) is 85.2 Å². The highest BCUT2D eigenvalue weighted by Gasteiger charge is 2.07. The van der Waals surface area contributed by atoms with Crippen LogP contribution in [0.25, 0.3) is 0 Å². The van der Waals surface area contributed by atoms with Crippen molar-refractivity contribution in [1.29, 1.82) is 0 Å². The molecule has 0 fully saturated rings. The molecule has 0 aromatic heterocycles. The molecule has 0 amide bonds. The molecule has 0 aliphatic carbocycles. The van der Waals surface area contributed by atoms with Crippen molar-refractivity contribution in [3.8, 4) is 0 Å². The number of carboxylic acids is 1. The molecule has 0 rings (SSSR count). The zero-order valence-corrected chi connectivity index (χ0v) is 4.50. The SMILES string of the molecule is [NH3+][C@@H](CO)CC(=O)O. The van der Waals surface area contributed by atoms with E-state index in [4.69, 9.17) is 10.2 Å². The van der Waals surface area contributed by atoms with Gasteiger partial charge in [-0.05, 0) is 0 Å². The monoisotopic (exact) mass is 120 g/mol. The molecule has 0 aromatic carbocycles. The van der Waals surface area contributed by atoms with Crippen LogP contribution in [0.15, 0.2) is 0 Å². The number of quaternary nitrogens is 1. The van der Waals surface area contributed by atoms with E-state index in [0.717, 1.165) is 0 Å². The summed E-state index contributed by atoms with van der Waals surface area (Å²) in [6, 6.07) is -0.368. The lowest BCUT2D eigenvalue weighted by atomic mass is 10.2. The van der Waals surface area contributed by atoms with Crippen LogP contribution in [0.4, 0.5) is 0 Å². The third kappa shape index (κ3) is 3.58. The van der Waals surface area contributed by atoms with Gasteiger partial charge >= 0.3 is 5.97 Å². The quantitative estimate of drug-likeness (QED) is 0.405. The van der Waals surface area contributed by atoms with E-state index in [1.165, 1.54) is 0 Å². The molecule has 0 aromatic rings. The van der Waals surface area contributed by atoms with E-state index in [-0.39, 0.29) is 19.1 Å². The molecule has 8 heavy (non-hydrogen) atoms. The number of carboxylic acid groups (broad SMARTS) is 1. The van der Waals surface area contributed by atoms with Gasteiger partial charge in [-0.3, -0.25) is 4.79 Å². The van der Waals surface area contributed by atoms with Gasteiger partial charge in [0.05, 0.1) is 13.0 Å². The Labute approximate surface area is 46.9 Å². The molecule has 0 aliphatic rings. The number of aliphatic hydroxyl groups is 1. The number of aliphatic hydroxyl groups excluding tert-OH is 1. The molecule has 5 N–H and O–H groups in total. The largest absolute Gasteiger partial charge is 0.481 e. The second-order valence-corrected chi connectivity index (χ2v) is 1.65. The fraction of sp³-hybridized carbons (Fsp3) is 0.750. The summed E-state index contributed by atoms with van der Waals surface area (Å²) in [5.41, 5.74) is 3.37. The highest BCUT2D eigenvalue weighted by atomic mass is 16.4. The first-order valence-corrected chi connectivity index (χ1v) is 2.32. The van der Waals surface area contributed by atoms with Gasteiger partial charge in [-0.15, -0.1) is 0 Å². The van der Waals surface area contributed by atoms with Crippen molar-refractivity contribution in [2.24, 2.45) is 0 Å². The second-order valence-electron chi connectivity index (χ2n) is 1.65. The van der Waals surface area contributed by atoms with Crippen LogP contribution in [0.5, 0.6) is 0 Å². The smallest absolute Gasteiger partial charge is 0.309 e. The second kappa shape index (κ2) is 3.40. The van der Waals surface area contributed by atoms with E-state index in [1.54, 1.807) is 0 Å². The van der Waals surface area contributed by atoms with Crippen LogP contribution in [0.1, 0.15) is 6.42 Å². The van der Waals surface area contributed by atoms with Gasteiger partial charge in [0.15, 0.2) is 0 Å². The number of hydrogen-bond acceptors (Lipinski definition) is 2. The lowest BCUT2D eigenvalue weighted by Gasteiger charge is -1.97. The molecule has 0 bridgehead atoms. The van der Waals surface area contributed by atoms with Gasteiger partial charge < -0.3 is 15.9 Å². The Kier molecular flexibility index (Phi) is 3.14. The van der Waals surface area contributed by atoms with Gasteiger partial charge in [0.25, 0.3) is 0 Å². The molecule has 48 valence electrons. The van der Waals surface area contributed by atoms with Crippen LogP contribution in [-0.2, 0) is 4.79 Å². The van der Waals surface area contributed by atoms with Gasteiger partial charge in [0.1, 0.15) is 6.04 Å². The Bertz CT molecular complexity index is 83.4. The minimum absolute atomic E-state index is 0.0590. The van der Waals surface area contributed by atoms with Gasteiger partial charge in [0.2, 0.25) is 0 Å². The summed E-state index contributed by atoms with van der Waals surface area (Å²) < 4.78 is 0. The maximum atomic E-state index is 9.82. The van der Waals surface area contributed by atoms with Crippen molar-refractivity contribution in [3.05, 3.63) is 0 Å². The predicted molar refractivity (Wildman–Crippen MR) is 26.0 cm³/mol. The van der Waals surface area contributed by atoms with Crippen LogP contribution in [0, 0.1) is 0 Å². The standard InChI is InChI=1S/C4H9NO3/c5-3(2-6)1-4(7)8/h3,6H,1-2,5H2,(H,7,8)/p+1/t3-/m1/s1. The minimum atomic E-state index is -0.918. The summed E-state index contributed by atoms with van der Waals surface area (Å²) in [6.45, 7) is -0.160. The maximum Gasteiger partial charge on any atom is 0.309 e. The van der Waals surface area contributed by atoms with E-state index >= 15 is 0 Å². The Morgan fingerprint density at radius 3 is 2.38 bits per heavy atom. The first-order chi connectivity index (χ1) is 3.66. The van der Waals surface area contributed by atoms with Crippen LogP contribution in [-0.4, -0.2) is 28.8 Å². The van der Waals surface area contributed by atoms with Crippen LogP contribution >= 0.6 is 0 Å². The van der Waals surface area contributed by atoms with E-state index in [9.17, 15) is 4.79 Å². The molecule has 0 heterocycles. The van der Waals surface area contributed by atoms with Gasteiger partial charge in [-0.2, -0.15) is 0 Å². The van der Waals surface area contributed by atoms with Crippen molar-refractivity contribution < 1.29 is 20.7 Å². The van der Waals surface area contributed by atoms with Gasteiger partial charge in [-0.1, -0.05) is 0 Å². The molecule has 1 atom stereocenters. The average molecular weight is 120 g/mol. The zero-order valence-electron chi connectivity index (χ0n) is 4.50. The fourth-order valence-corrected chi connectivity index (χ4v) is 0.312. The first-order valence-electron chi connectivity index (χ1n) is 2.32. The van der Waals surface area contributed by atoms with E-state index in [1.807, 2.05) is 0 Å². The van der Waals surface area contributed by atoms with Crippen molar-refractivity contribution >= 4 is 5.97 Å². The molecule has 4 heteroatoms. The summed E-state index contributed by atoms with van der Waals surface area (Å²) in [6.07, 6.45) is -0.0590. The Morgan fingerprint density at radius 2 is 2.25 bits per heavy atom. The zero-order chi connectivity index (χ0) is 6.57. The summed E-state index contributed by atoms with van der Waals surface area (Å²) in [5.74, 6) is -0.918. The van der Waals surface area contributed by atoms with Crippen molar-refractivity contribution in [2.45, 2.75) is 12.5 Å². The van der Waals surface area contributed by atoms with Crippen molar-refractivity contribution in [1.82, 2.24) is 0 Å². The highest BCUT2D eigenvalue weighted by Crippen LogP contribution is 1.81. The normalized spacial score (nSPS) is 13.2. The molecule has 4 nitrogen and oxygen atoms in total. The molecular formula is C4H10NO3+. The number of aliphatic carboxylic acids is 1. The summed E-state index contributed by atoms with van der Waals surface area (Å²) >= 11 is 0. The number of hydrogen-bond donors (Lipinski definition) is 3. The Hall–Kier alpha value is -0.610. The minimum Gasteiger partial charge on any atom is -0.481 e. The van der Waals surface area contributed by atoms with Crippen LogP contribution in [0.2, 0.25) is 0 Å². The molecular weight excluding hydrogens is 110 g/mol. The molecule has 0 radical (unpaired) electrons. The van der Waals surface area contributed by atoms with Crippen LogP contribution < -0.4 is 5.73 Å². The third-order valence-electron chi connectivity index (χ3n) is 0.721. The van der Waals surface area contributed by atoms with Crippen molar-refractivity contribution in [2.75, 3.05) is 6.61 Å². The predicted octanol–water partition coefficient (Wildman–Crippen LogP) is -1.94. The number of carbonyl (C=O) groups is 1. The van der Waals surface area contributed by atoms with Gasteiger partial charge in [0, 0.05) is 0 Å². The van der Waals surface area contributed by atoms with Gasteiger partial charge in [-0.25, -0.2) is 0 Å². The summed E-state index contributed by atoms with van der Waals surface area (Å²) in [5, 5.41) is 16.3. The summed E-state index contributed by atoms with van der Waals surface area (Å²) in [4.78, 5) is 9.82. The lowest BCUT2D eigenvalue weighted by molar-refractivity contribution is -0.424. The van der Waals surface area contributed by atoms with E-state index in [2.05, 4.69) is 5.73 Å². The molecule has 0 saturated carbocycles. The van der Waals surface area contributed by atoms with E-state index in [0.29, 0.717) is 0 Å². The summed E-state index contributed by atoms with van der Waals surface area (Å²) in [7, 11) is 0. The number of rotatable bonds is 3. The highest BCUT2D eigenvalue weighted by molar-refractivity contribution is 5.67. The molecule has 0 aliphatic heterocycles. The first kappa shape index (κ1) is 7.39. The third-order valence-corrected chi connectivity index (χ3v) is 0.721. The average Bonchev–Trinajstić information content (AvgIpc) is 1.65. The van der Waals surface area contributed by atoms with Crippen LogP contribution in [0.3, 0.4) is 0 Å². The van der Waals surface area contributed by atoms with E-state index < -0.39 is 5.97 Å². The Morgan fingerprint density at radius 1 is 1.75 bits per heavy atom. The molecule has 0 saturated heterocycles. The maximum absolute atomic E-state index is 9.82. The lowest BCUT2D eigenvalue weighted by Crippen LogP contribution is -2.63.